The fourth-order valence-corrected chi connectivity index (χ4v) is 3.58. The van der Waals surface area contributed by atoms with Gasteiger partial charge in [0.1, 0.15) is 17.2 Å². The van der Waals surface area contributed by atoms with E-state index in [4.69, 9.17) is 0 Å². The average Bonchev–Trinajstić information content (AvgIpc) is 3.09. The molecule has 4 rings (SSSR count). The Bertz CT molecular complexity index is 1190. The van der Waals surface area contributed by atoms with Crippen molar-refractivity contribution >= 4 is 23.2 Å². The Balaban J connectivity index is 1.93. The monoisotopic (exact) mass is 394 g/mol. The minimum Gasteiger partial charge on any atom is -0.478 e. The lowest BCUT2D eigenvalue weighted by molar-refractivity contribution is 0.0697. The van der Waals surface area contributed by atoms with E-state index in [0.717, 1.165) is 5.56 Å². The molecule has 0 saturated carbocycles. The van der Waals surface area contributed by atoms with Crippen molar-refractivity contribution in [1.29, 1.82) is 0 Å². The molecule has 1 aliphatic heterocycles. The summed E-state index contributed by atoms with van der Waals surface area (Å²) in [5, 5.41) is 12.5. The zero-order valence-corrected chi connectivity index (χ0v) is 15.9. The number of rotatable bonds is 4. The number of anilines is 3. The molecule has 8 heteroatoms. The van der Waals surface area contributed by atoms with Gasteiger partial charge in [-0.1, -0.05) is 11.6 Å². The van der Waals surface area contributed by atoms with Crippen molar-refractivity contribution in [1.82, 2.24) is 9.55 Å². The highest BCUT2D eigenvalue weighted by Crippen LogP contribution is 2.35. The van der Waals surface area contributed by atoms with Crippen LogP contribution in [0.5, 0.6) is 0 Å². The normalized spacial score (nSPS) is 12.7. The number of carboxylic acids is 1. The third kappa shape index (κ3) is 3.22. The summed E-state index contributed by atoms with van der Waals surface area (Å²) < 4.78 is 16.1. The number of benzene rings is 1. The van der Waals surface area contributed by atoms with E-state index in [9.17, 15) is 19.1 Å². The number of carboxylic acid groups (broad SMARTS) is 1. The van der Waals surface area contributed by atoms with Crippen LogP contribution in [0.3, 0.4) is 0 Å². The first-order valence-electron chi connectivity index (χ1n) is 9.06. The Morgan fingerprint density at radius 3 is 2.72 bits per heavy atom. The summed E-state index contributed by atoms with van der Waals surface area (Å²) >= 11 is 0. The Hall–Kier alpha value is -3.68. The van der Waals surface area contributed by atoms with E-state index in [0.29, 0.717) is 30.3 Å². The predicted octanol–water partition coefficient (Wildman–Crippen LogP) is 3.25. The summed E-state index contributed by atoms with van der Waals surface area (Å²) in [4.78, 5) is 30.4. The lowest BCUT2D eigenvalue weighted by Crippen LogP contribution is -2.22. The summed E-state index contributed by atoms with van der Waals surface area (Å²) in [5.74, 6) is -0.982. The zero-order chi connectivity index (χ0) is 20.7. The van der Waals surface area contributed by atoms with Crippen LogP contribution in [-0.4, -0.2) is 34.2 Å². The number of nitrogens with zero attached hydrogens (tertiary/aromatic N) is 3. The fourth-order valence-electron chi connectivity index (χ4n) is 3.58. The molecular formula is C21H19FN4O3. The van der Waals surface area contributed by atoms with Gasteiger partial charge in [-0.2, -0.15) is 0 Å². The van der Waals surface area contributed by atoms with E-state index in [1.165, 1.54) is 18.5 Å². The largest absolute Gasteiger partial charge is 0.478 e. The first kappa shape index (κ1) is 18.7. The van der Waals surface area contributed by atoms with Crippen LogP contribution < -0.4 is 15.8 Å². The lowest BCUT2D eigenvalue weighted by atomic mass is 10.0. The van der Waals surface area contributed by atoms with E-state index in [2.05, 4.69) is 10.3 Å². The number of pyridine rings is 2. The molecule has 0 atom stereocenters. The van der Waals surface area contributed by atoms with Crippen molar-refractivity contribution < 1.29 is 14.3 Å². The predicted molar refractivity (Wildman–Crippen MR) is 109 cm³/mol. The molecule has 0 radical (unpaired) electrons. The quantitative estimate of drug-likeness (QED) is 0.706. The van der Waals surface area contributed by atoms with E-state index < -0.39 is 11.8 Å². The Labute approximate surface area is 166 Å². The summed E-state index contributed by atoms with van der Waals surface area (Å²) in [6, 6.07) is 7.75. The van der Waals surface area contributed by atoms with Crippen molar-refractivity contribution in [3.63, 3.8) is 0 Å². The van der Waals surface area contributed by atoms with Gasteiger partial charge in [0.15, 0.2) is 0 Å². The molecule has 0 spiro atoms. The molecule has 3 aromatic rings. The molecule has 0 unspecified atom stereocenters. The van der Waals surface area contributed by atoms with E-state index in [1.54, 1.807) is 28.8 Å². The number of aromatic carboxylic acids is 1. The van der Waals surface area contributed by atoms with Gasteiger partial charge in [-0.25, -0.2) is 9.18 Å². The number of fused-ring (bicyclic) bond motifs is 1. The first-order valence-corrected chi connectivity index (χ1v) is 9.06. The van der Waals surface area contributed by atoms with Gasteiger partial charge in [0.2, 0.25) is 0 Å². The second kappa shape index (κ2) is 7.05. The molecule has 0 aliphatic carbocycles. The third-order valence-electron chi connectivity index (χ3n) is 5.01. The maximum absolute atomic E-state index is 14.5. The lowest BCUT2D eigenvalue weighted by Gasteiger charge is -2.20. The molecule has 7 nitrogen and oxygen atoms in total. The molecule has 2 N–H and O–H groups in total. The molecule has 0 saturated heterocycles. The summed E-state index contributed by atoms with van der Waals surface area (Å²) in [5.41, 5.74) is 1.85. The molecule has 1 aromatic carbocycles. The number of carbonyl (C=O) groups is 1. The van der Waals surface area contributed by atoms with Crippen LogP contribution in [-0.2, 0) is 6.54 Å². The number of aryl methyl sites for hydroxylation is 1. The molecular weight excluding hydrogens is 375 g/mol. The van der Waals surface area contributed by atoms with Crippen LogP contribution in [0.1, 0.15) is 15.9 Å². The fraction of sp³-hybridized carbons (Fsp3) is 0.190. The number of hydrogen-bond acceptors (Lipinski definition) is 5. The van der Waals surface area contributed by atoms with Crippen molar-refractivity contribution in [3.05, 3.63) is 70.0 Å². The van der Waals surface area contributed by atoms with Gasteiger partial charge in [-0.15, -0.1) is 0 Å². The maximum Gasteiger partial charge on any atom is 0.339 e. The molecule has 2 aromatic heterocycles. The minimum atomic E-state index is -1.12. The number of aromatic nitrogens is 2. The van der Waals surface area contributed by atoms with Crippen LogP contribution in [0.15, 0.2) is 47.5 Å². The topological polar surface area (TPSA) is 87.5 Å². The Kier molecular flexibility index (Phi) is 4.54. The van der Waals surface area contributed by atoms with Crippen molar-refractivity contribution in [2.24, 2.45) is 0 Å². The summed E-state index contributed by atoms with van der Waals surface area (Å²) in [6.07, 6.45) is 2.74. The van der Waals surface area contributed by atoms with Gasteiger partial charge in [-0.3, -0.25) is 14.3 Å². The number of nitrogens with one attached hydrogen (secondary N) is 1. The van der Waals surface area contributed by atoms with Crippen molar-refractivity contribution in [2.45, 2.75) is 13.5 Å². The molecule has 148 valence electrons. The number of hydrogen-bond donors (Lipinski definition) is 2. The molecule has 0 amide bonds. The molecule has 0 fully saturated rings. The van der Waals surface area contributed by atoms with Crippen LogP contribution in [0.2, 0.25) is 0 Å². The number of halogens is 1. The third-order valence-corrected chi connectivity index (χ3v) is 5.01. The van der Waals surface area contributed by atoms with E-state index in [1.807, 2.05) is 18.9 Å². The summed E-state index contributed by atoms with van der Waals surface area (Å²) in [6.45, 7) is 2.91. The highest BCUT2D eigenvalue weighted by molar-refractivity contribution is 5.95. The van der Waals surface area contributed by atoms with Gasteiger partial charge >= 0.3 is 5.97 Å². The van der Waals surface area contributed by atoms with Crippen LogP contribution >= 0.6 is 0 Å². The Morgan fingerprint density at radius 2 is 1.97 bits per heavy atom. The summed E-state index contributed by atoms with van der Waals surface area (Å²) in [7, 11) is 1.85. The van der Waals surface area contributed by atoms with E-state index in [-0.39, 0.29) is 22.2 Å². The molecule has 0 bridgehead atoms. The van der Waals surface area contributed by atoms with Gasteiger partial charge in [0.25, 0.3) is 5.56 Å². The molecule has 29 heavy (non-hydrogen) atoms. The molecule has 1 aliphatic rings. The van der Waals surface area contributed by atoms with Crippen LogP contribution in [0.25, 0.3) is 11.1 Å². The Morgan fingerprint density at radius 1 is 1.17 bits per heavy atom. The van der Waals surface area contributed by atoms with Crippen molar-refractivity contribution in [2.75, 3.05) is 23.8 Å². The van der Waals surface area contributed by atoms with Crippen LogP contribution in [0, 0.1) is 12.7 Å². The highest BCUT2D eigenvalue weighted by atomic mass is 19.1. The smallest absolute Gasteiger partial charge is 0.339 e. The highest BCUT2D eigenvalue weighted by Gasteiger charge is 2.25. The second-order valence-electron chi connectivity index (χ2n) is 7.01. The zero-order valence-electron chi connectivity index (χ0n) is 15.9. The van der Waals surface area contributed by atoms with Gasteiger partial charge in [0, 0.05) is 38.1 Å². The van der Waals surface area contributed by atoms with Crippen LogP contribution in [0.4, 0.5) is 21.6 Å². The molecule has 3 heterocycles. The van der Waals surface area contributed by atoms with Gasteiger partial charge < -0.3 is 15.3 Å². The maximum atomic E-state index is 14.5. The minimum absolute atomic E-state index is 0.00128. The van der Waals surface area contributed by atoms with Gasteiger partial charge in [-0.05, 0) is 31.2 Å². The standard InChI is InChI=1S/C21H19FN4O3/c1-12-3-4-16(22)13(9-12)14-10-18(19-25(2)7-8-26(19)20(14)27)24-17-5-6-23-11-15(17)21(28)29/h3-6,9-11H,7-8H2,1-2H3,(H,23,24)(H,28,29). The van der Waals surface area contributed by atoms with E-state index >= 15 is 0 Å². The van der Waals surface area contributed by atoms with Crippen molar-refractivity contribution in [3.8, 4) is 11.1 Å². The SMILES string of the molecule is Cc1ccc(F)c(-c2cc(Nc3ccncc3C(=O)O)c3n(c2=O)CCN3C)c1. The first-order chi connectivity index (χ1) is 13.9. The number of likely N-dealkylation sites (N-methyl/N-ethyl adjacent to an activating group) is 1. The van der Waals surface area contributed by atoms with Gasteiger partial charge in [0.05, 0.1) is 16.9 Å². The average molecular weight is 394 g/mol. The second-order valence-corrected chi connectivity index (χ2v) is 7.01.